The molecule has 2 rings (SSSR count). The zero-order valence-corrected chi connectivity index (χ0v) is 12.4. The van der Waals surface area contributed by atoms with E-state index >= 15 is 0 Å². The van der Waals surface area contributed by atoms with Crippen molar-refractivity contribution >= 4 is 23.2 Å². The van der Waals surface area contributed by atoms with Crippen LogP contribution in [0.5, 0.6) is 0 Å². The van der Waals surface area contributed by atoms with Gasteiger partial charge in [-0.3, -0.25) is 9.59 Å². The molecule has 0 spiro atoms. The van der Waals surface area contributed by atoms with Gasteiger partial charge in [-0.05, 0) is 31.9 Å². The third-order valence-electron chi connectivity index (χ3n) is 3.52. The van der Waals surface area contributed by atoms with Gasteiger partial charge in [0.1, 0.15) is 0 Å². The molecule has 1 fully saturated rings. The summed E-state index contributed by atoms with van der Waals surface area (Å²) in [5, 5.41) is 15.4. The Labute approximate surface area is 122 Å². The van der Waals surface area contributed by atoms with Gasteiger partial charge in [-0.25, -0.2) is 0 Å². The van der Waals surface area contributed by atoms with Crippen molar-refractivity contribution in [3.05, 3.63) is 21.9 Å². The standard InChI is InChI=1S/C14H20N2O3S/c1-10-4-5-11(20-10)13(18)15-8-12(17)16-9-14(19)6-2-3-7-14/h4-5,19H,2-3,6-9H2,1H3,(H,15,18)(H,16,17). The summed E-state index contributed by atoms with van der Waals surface area (Å²) in [6.07, 6.45) is 3.46. The monoisotopic (exact) mass is 296 g/mol. The van der Waals surface area contributed by atoms with E-state index in [2.05, 4.69) is 10.6 Å². The highest BCUT2D eigenvalue weighted by Gasteiger charge is 2.31. The van der Waals surface area contributed by atoms with Crippen molar-refractivity contribution in [1.29, 1.82) is 0 Å². The SMILES string of the molecule is Cc1ccc(C(=O)NCC(=O)NCC2(O)CCCC2)s1. The highest BCUT2D eigenvalue weighted by molar-refractivity contribution is 7.13. The molecule has 1 heterocycles. The van der Waals surface area contributed by atoms with Crippen LogP contribution in [-0.4, -0.2) is 35.6 Å². The van der Waals surface area contributed by atoms with E-state index in [1.807, 2.05) is 13.0 Å². The van der Waals surface area contributed by atoms with Gasteiger partial charge >= 0.3 is 0 Å². The van der Waals surface area contributed by atoms with Crippen molar-refractivity contribution in [3.63, 3.8) is 0 Å². The fourth-order valence-electron chi connectivity index (χ4n) is 2.34. The van der Waals surface area contributed by atoms with Gasteiger partial charge in [0.2, 0.25) is 5.91 Å². The lowest BCUT2D eigenvalue weighted by Crippen LogP contribution is -2.44. The molecule has 0 aliphatic heterocycles. The predicted octanol–water partition coefficient (Wildman–Crippen LogP) is 1.21. The van der Waals surface area contributed by atoms with Crippen LogP contribution in [0.4, 0.5) is 0 Å². The van der Waals surface area contributed by atoms with Crippen LogP contribution in [0.1, 0.15) is 40.2 Å². The molecule has 1 aromatic heterocycles. The lowest BCUT2D eigenvalue weighted by molar-refractivity contribution is -0.121. The van der Waals surface area contributed by atoms with Gasteiger partial charge in [0.15, 0.2) is 0 Å². The number of aryl methyl sites for hydroxylation is 1. The van der Waals surface area contributed by atoms with Crippen LogP contribution in [0.25, 0.3) is 0 Å². The van der Waals surface area contributed by atoms with Crippen LogP contribution in [0.3, 0.4) is 0 Å². The fourth-order valence-corrected chi connectivity index (χ4v) is 3.12. The number of hydrogen-bond donors (Lipinski definition) is 3. The summed E-state index contributed by atoms with van der Waals surface area (Å²) in [4.78, 5) is 25.1. The number of carbonyl (C=O) groups excluding carboxylic acids is 2. The molecule has 5 nitrogen and oxygen atoms in total. The Kier molecular flexibility index (Phi) is 4.77. The zero-order chi connectivity index (χ0) is 14.6. The van der Waals surface area contributed by atoms with Crippen LogP contribution < -0.4 is 10.6 Å². The first-order valence-electron chi connectivity index (χ1n) is 6.82. The summed E-state index contributed by atoms with van der Waals surface area (Å²) in [7, 11) is 0. The Balaban J connectivity index is 1.71. The number of amides is 2. The normalized spacial score (nSPS) is 16.9. The number of thiophene rings is 1. The van der Waals surface area contributed by atoms with E-state index in [1.165, 1.54) is 11.3 Å². The summed E-state index contributed by atoms with van der Waals surface area (Å²) >= 11 is 1.40. The van der Waals surface area contributed by atoms with E-state index < -0.39 is 5.60 Å². The molecule has 0 bridgehead atoms. The maximum absolute atomic E-state index is 11.8. The number of aliphatic hydroxyl groups is 1. The summed E-state index contributed by atoms with van der Waals surface area (Å²) < 4.78 is 0. The van der Waals surface area contributed by atoms with E-state index in [4.69, 9.17) is 0 Å². The molecule has 0 unspecified atom stereocenters. The first-order valence-corrected chi connectivity index (χ1v) is 7.64. The molecule has 1 aliphatic rings. The van der Waals surface area contributed by atoms with Crippen molar-refractivity contribution in [2.75, 3.05) is 13.1 Å². The van der Waals surface area contributed by atoms with Crippen LogP contribution in [0, 0.1) is 6.92 Å². The van der Waals surface area contributed by atoms with E-state index in [0.717, 1.165) is 30.6 Å². The van der Waals surface area contributed by atoms with Gasteiger partial charge in [-0.1, -0.05) is 12.8 Å². The van der Waals surface area contributed by atoms with Crippen molar-refractivity contribution in [2.45, 2.75) is 38.2 Å². The second-order valence-electron chi connectivity index (χ2n) is 5.30. The molecule has 1 aromatic rings. The molecule has 1 aliphatic carbocycles. The molecule has 3 N–H and O–H groups in total. The van der Waals surface area contributed by atoms with Crippen LogP contribution in [0.15, 0.2) is 12.1 Å². The quantitative estimate of drug-likeness (QED) is 0.764. The molecule has 0 saturated heterocycles. The summed E-state index contributed by atoms with van der Waals surface area (Å²) in [6, 6.07) is 3.61. The first kappa shape index (κ1) is 15.0. The number of carbonyl (C=O) groups is 2. The second-order valence-corrected chi connectivity index (χ2v) is 6.59. The maximum atomic E-state index is 11.8. The number of rotatable bonds is 5. The molecule has 0 aromatic carbocycles. The Bertz CT molecular complexity index is 492. The highest BCUT2D eigenvalue weighted by atomic mass is 32.1. The molecular weight excluding hydrogens is 276 g/mol. The average Bonchev–Trinajstić information content (AvgIpc) is 3.03. The van der Waals surface area contributed by atoms with Crippen LogP contribution >= 0.6 is 11.3 Å². The average molecular weight is 296 g/mol. The van der Waals surface area contributed by atoms with Crippen LogP contribution in [0.2, 0.25) is 0 Å². The molecule has 0 atom stereocenters. The van der Waals surface area contributed by atoms with Crippen molar-refractivity contribution in [3.8, 4) is 0 Å². The van der Waals surface area contributed by atoms with Crippen molar-refractivity contribution in [1.82, 2.24) is 10.6 Å². The lowest BCUT2D eigenvalue weighted by atomic mass is 10.0. The van der Waals surface area contributed by atoms with Gasteiger partial charge in [0.05, 0.1) is 17.0 Å². The minimum Gasteiger partial charge on any atom is -0.388 e. The minimum absolute atomic E-state index is 0.0636. The Morgan fingerprint density at radius 3 is 2.60 bits per heavy atom. The third-order valence-corrected chi connectivity index (χ3v) is 4.52. The second kappa shape index (κ2) is 6.37. The maximum Gasteiger partial charge on any atom is 0.261 e. The smallest absolute Gasteiger partial charge is 0.261 e. The molecule has 0 radical (unpaired) electrons. The molecule has 110 valence electrons. The van der Waals surface area contributed by atoms with E-state index in [9.17, 15) is 14.7 Å². The van der Waals surface area contributed by atoms with E-state index in [-0.39, 0.29) is 24.9 Å². The third kappa shape index (κ3) is 4.05. The lowest BCUT2D eigenvalue weighted by Gasteiger charge is -2.22. The fraction of sp³-hybridized carbons (Fsp3) is 0.571. The minimum atomic E-state index is -0.759. The van der Waals surface area contributed by atoms with Gasteiger partial charge in [0, 0.05) is 11.4 Å². The molecule has 20 heavy (non-hydrogen) atoms. The topological polar surface area (TPSA) is 78.4 Å². The summed E-state index contributed by atoms with van der Waals surface area (Å²) in [5.74, 6) is -0.509. The largest absolute Gasteiger partial charge is 0.388 e. The Morgan fingerprint density at radius 2 is 2.00 bits per heavy atom. The van der Waals surface area contributed by atoms with Gasteiger partial charge in [0.25, 0.3) is 5.91 Å². The van der Waals surface area contributed by atoms with Gasteiger partial charge < -0.3 is 15.7 Å². The highest BCUT2D eigenvalue weighted by Crippen LogP contribution is 2.28. The van der Waals surface area contributed by atoms with Crippen molar-refractivity contribution < 1.29 is 14.7 Å². The Morgan fingerprint density at radius 1 is 1.30 bits per heavy atom. The molecule has 2 amide bonds. The summed E-state index contributed by atoms with van der Waals surface area (Å²) in [5.41, 5.74) is -0.759. The molecule has 1 saturated carbocycles. The van der Waals surface area contributed by atoms with Crippen LogP contribution in [-0.2, 0) is 4.79 Å². The van der Waals surface area contributed by atoms with Gasteiger partial charge in [-0.2, -0.15) is 0 Å². The number of hydrogen-bond acceptors (Lipinski definition) is 4. The zero-order valence-electron chi connectivity index (χ0n) is 11.6. The first-order chi connectivity index (χ1) is 9.48. The summed E-state index contributed by atoms with van der Waals surface area (Å²) in [6.45, 7) is 2.13. The molecule has 6 heteroatoms. The Hall–Kier alpha value is -1.40. The van der Waals surface area contributed by atoms with Gasteiger partial charge in [-0.15, -0.1) is 11.3 Å². The van der Waals surface area contributed by atoms with E-state index in [1.54, 1.807) is 6.07 Å². The molecular formula is C14H20N2O3S. The number of nitrogens with one attached hydrogen (secondary N) is 2. The van der Waals surface area contributed by atoms with Crippen molar-refractivity contribution in [2.24, 2.45) is 0 Å². The van der Waals surface area contributed by atoms with E-state index in [0.29, 0.717) is 4.88 Å². The predicted molar refractivity (Wildman–Crippen MR) is 77.8 cm³/mol.